The van der Waals surface area contributed by atoms with Crippen molar-refractivity contribution in [1.29, 1.82) is 0 Å². The van der Waals surface area contributed by atoms with E-state index in [1.165, 1.54) is 11.4 Å². The maximum atomic E-state index is 12.9. The molecule has 0 aromatic heterocycles. The fourth-order valence-corrected chi connectivity index (χ4v) is 4.24. The monoisotopic (exact) mass is 314 g/mol. The second-order valence-electron chi connectivity index (χ2n) is 5.06. The van der Waals surface area contributed by atoms with Crippen molar-refractivity contribution in [2.75, 3.05) is 33.9 Å². The fraction of sp³-hybridized carbons (Fsp3) is 0.571. The fourth-order valence-electron chi connectivity index (χ4n) is 2.43. The van der Waals surface area contributed by atoms with Gasteiger partial charge in [-0.05, 0) is 31.7 Å². The number of sulfonamides is 1. The van der Waals surface area contributed by atoms with Crippen LogP contribution in [0.15, 0.2) is 23.1 Å². The lowest BCUT2D eigenvalue weighted by molar-refractivity contribution is 0.0392. The SMILES string of the molecule is CNCc1ccc(OC)c(S(=O)(=O)N2CCOCC2C)c1. The van der Waals surface area contributed by atoms with E-state index in [1.54, 1.807) is 12.1 Å². The Morgan fingerprint density at radius 1 is 1.48 bits per heavy atom. The highest BCUT2D eigenvalue weighted by Crippen LogP contribution is 2.29. The normalized spacial score (nSPS) is 20.4. The summed E-state index contributed by atoms with van der Waals surface area (Å²) in [5.74, 6) is 0.369. The van der Waals surface area contributed by atoms with Crippen molar-refractivity contribution in [2.45, 2.75) is 24.4 Å². The molecule has 1 unspecified atom stereocenters. The van der Waals surface area contributed by atoms with Gasteiger partial charge in [0.15, 0.2) is 0 Å². The average Bonchev–Trinajstić information content (AvgIpc) is 2.48. The van der Waals surface area contributed by atoms with Gasteiger partial charge in [-0.2, -0.15) is 4.31 Å². The van der Waals surface area contributed by atoms with Crippen molar-refractivity contribution in [3.8, 4) is 5.75 Å². The molecule has 1 N–H and O–H groups in total. The summed E-state index contributed by atoms with van der Waals surface area (Å²) in [4.78, 5) is 0.214. The molecule has 118 valence electrons. The summed E-state index contributed by atoms with van der Waals surface area (Å²) >= 11 is 0. The van der Waals surface area contributed by atoms with Crippen LogP contribution < -0.4 is 10.1 Å². The average molecular weight is 314 g/mol. The van der Waals surface area contributed by atoms with Gasteiger partial charge in [-0.1, -0.05) is 6.07 Å². The quantitative estimate of drug-likeness (QED) is 0.872. The van der Waals surface area contributed by atoms with E-state index in [9.17, 15) is 8.42 Å². The topological polar surface area (TPSA) is 67.9 Å². The van der Waals surface area contributed by atoms with Crippen LogP contribution in [0.4, 0.5) is 0 Å². The molecule has 1 heterocycles. The zero-order valence-corrected chi connectivity index (χ0v) is 13.4. The molecule has 6 nitrogen and oxygen atoms in total. The molecule has 0 bridgehead atoms. The van der Waals surface area contributed by atoms with E-state index in [2.05, 4.69) is 5.32 Å². The molecule has 0 aliphatic carbocycles. The standard InChI is InChI=1S/C14H22N2O4S/c1-11-10-20-7-6-16(11)21(17,18)14-8-12(9-15-2)4-5-13(14)19-3/h4-5,8,11,15H,6-7,9-10H2,1-3H3. The molecule has 7 heteroatoms. The number of methoxy groups -OCH3 is 1. The molecular formula is C14H22N2O4S. The third kappa shape index (κ3) is 3.37. The van der Waals surface area contributed by atoms with E-state index >= 15 is 0 Å². The molecule has 1 aromatic rings. The van der Waals surface area contributed by atoms with Gasteiger partial charge in [0.05, 0.1) is 20.3 Å². The third-order valence-electron chi connectivity index (χ3n) is 3.50. The Bertz CT molecular complexity index is 589. The Labute approximate surface area is 126 Å². The molecule has 0 spiro atoms. The molecule has 1 atom stereocenters. The number of hydrogen-bond donors (Lipinski definition) is 1. The highest BCUT2D eigenvalue weighted by molar-refractivity contribution is 7.89. The molecule has 0 saturated carbocycles. The van der Waals surface area contributed by atoms with E-state index in [0.29, 0.717) is 32.1 Å². The lowest BCUT2D eigenvalue weighted by Crippen LogP contribution is -2.47. The van der Waals surface area contributed by atoms with Gasteiger partial charge >= 0.3 is 0 Å². The summed E-state index contributed by atoms with van der Waals surface area (Å²) < 4.78 is 37.8. The van der Waals surface area contributed by atoms with Crippen molar-refractivity contribution < 1.29 is 17.9 Å². The van der Waals surface area contributed by atoms with Crippen molar-refractivity contribution >= 4 is 10.0 Å². The van der Waals surface area contributed by atoms with Gasteiger partial charge in [-0.25, -0.2) is 8.42 Å². The predicted molar refractivity (Wildman–Crippen MR) is 79.9 cm³/mol. The molecule has 1 aliphatic rings. The van der Waals surface area contributed by atoms with E-state index in [1.807, 2.05) is 20.0 Å². The zero-order chi connectivity index (χ0) is 15.5. The van der Waals surface area contributed by atoms with E-state index in [0.717, 1.165) is 5.56 Å². The molecule has 2 rings (SSSR count). The summed E-state index contributed by atoms with van der Waals surface area (Å²) in [6.45, 7) is 3.65. The number of rotatable bonds is 5. The molecule has 1 aromatic carbocycles. The zero-order valence-electron chi connectivity index (χ0n) is 12.6. The minimum Gasteiger partial charge on any atom is -0.495 e. The molecule has 1 saturated heterocycles. The molecule has 21 heavy (non-hydrogen) atoms. The number of ether oxygens (including phenoxy) is 2. The van der Waals surface area contributed by atoms with E-state index in [-0.39, 0.29) is 10.9 Å². The van der Waals surface area contributed by atoms with Crippen molar-refractivity contribution in [1.82, 2.24) is 9.62 Å². The van der Waals surface area contributed by atoms with Crippen LogP contribution in [0.1, 0.15) is 12.5 Å². The maximum Gasteiger partial charge on any atom is 0.247 e. The first kappa shape index (κ1) is 16.2. The number of morpholine rings is 1. The van der Waals surface area contributed by atoms with Crippen LogP contribution in [0.25, 0.3) is 0 Å². The number of nitrogens with one attached hydrogen (secondary N) is 1. The molecular weight excluding hydrogens is 292 g/mol. The predicted octanol–water partition coefficient (Wildman–Crippen LogP) is 0.824. The second kappa shape index (κ2) is 6.74. The van der Waals surface area contributed by atoms with Crippen LogP contribution in [0, 0.1) is 0 Å². The van der Waals surface area contributed by atoms with Crippen molar-refractivity contribution in [2.24, 2.45) is 0 Å². The minimum absolute atomic E-state index is 0.179. The van der Waals surface area contributed by atoms with Gasteiger partial charge in [0.1, 0.15) is 10.6 Å². The van der Waals surface area contributed by atoms with Crippen LogP contribution >= 0.6 is 0 Å². The van der Waals surface area contributed by atoms with Crippen molar-refractivity contribution in [3.05, 3.63) is 23.8 Å². The summed E-state index contributed by atoms with van der Waals surface area (Å²) in [5, 5.41) is 3.02. The number of benzene rings is 1. The molecule has 1 fully saturated rings. The van der Waals surface area contributed by atoms with Gasteiger partial charge in [0, 0.05) is 19.1 Å². The van der Waals surface area contributed by atoms with E-state index < -0.39 is 10.0 Å². The lowest BCUT2D eigenvalue weighted by atomic mass is 10.2. The first-order valence-electron chi connectivity index (χ1n) is 6.91. The first-order valence-corrected chi connectivity index (χ1v) is 8.35. The molecule has 0 radical (unpaired) electrons. The Morgan fingerprint density at radius 2 is 2.24 bits per heavy atom. The summed E-state index contributed by atoms with van der Waals surface area (Å²) in [5.41, 5.74) is 0.901. The second-order valence-corrected chi connectivity index (χ2v) is 6.91. The highest BCUT2D eigenvalue weighted by atomic mass is 32.2. The Balaban J connectivity index is 2.44. The molecule has 0 amide bonds. The van der Waals surface area contributed by atoms with Gasteiger partial charge in [0.25, 0.3) is 0 Å². The minimum atomic E-state index is -3.59. The smallest absolute Gasteiger partial charge is 0.247 e. The summed E-state index contributed by atoms with van der Waals surface area (Å²) in [6.07, 6.45) is 0. The van der Waals surface area contributed by atoms with Crippen LogP contribution in [0.3, 0.4) is 0 Å². The van der Waals surface area contributed by atoms with Crippen LogP contribution in [-0.2, 0) is 21.3 Å². The Kier molecular flexibility index (Phi) is 5.21. The van der Waals surface area contributed by atoms with E-state index in [4.69, 9.17) is 9.47 Å². The largest absolute Gasteiger partial charge is 0.495 e. The molecule has 1 aliphatic heterocycles. The summed E-state index contributed by atoms with van der Waals surface area (Å²) in [6, 6.07) is 5.05. The maximum absolute atomic E-state index is 12.9. The summed E-state index contributed by atoms with van der Waals surface area (Å²) in [7, 11) is -0.291. The van der Waals surface area contributed by atoms with Gasteiger partial charge in [0.2, 0.25) is 10.0 Å². The number of hydrogen-bond acceptors (Lipinski definition) is 5. The highest BCUT2D eigenvalue weighted by Gasteiger charge is 2.33. The van der Waals surface area contributed by atoms with Gasteiger partial charge in [-0.15, -0.1) is 0 Å². The Morgan fingerprint density at radius 3 is 2.86 bits per heavy atom. The third-order valence-corrected chi connectivity index (χ3v) is 5.54. The first-order chi connectivity index (χ1) is 10.0. The van der Waals surface area contributed by atoms with Crippen LogP contribution in [0.5, 0.6) is 5.75 Å². The van der Waals surface area contributed by atoms with Crippen molar-refractivity contribution in [3.63, 3.8) is 0 Å². The number of nitrogens with zero attached hydrogens (tertiary/aromatic N) is 1. The van der Waals surface area contributed by atoms with Gasteiger partial charge in [-0.3, -0.25) is 0 Å². The Hall–Kier alpha value is -1.15. The van der Waals surface area contributed by atoms with Gasteiger partial charge < -0.3 is 14.8 Å². The lowest BCUT2D eigenvalue weighted by Gasteiger charge is -2.32. The van der Waals surface area contributed by atoms with Crippen LogP contribution in [-0.4, -0.2) is 52.7 Å². The van der Waals surface area contributed by atoms with Crippen LogP contribution in [0.2, 0.25) is 0 Å².